The monoisotopic (exact) mass is 442 g/mol. The van der Waals surface area contributed by atoms with Crippen LogP contribution >= 0.6 is 0 Å². The number of rotatable bonds is 18. The van der Waals surface area contributed by atoms with Crippen LogP contribution in [-0.2, 0) is 18.1 Å². The van der Waals surface area contributed by atoms with Crippen LogP contribution < -0.4 is 10.6 Å². The molecule has 0 saturated carbocycles. The second-order valence-electron chi connectivity index (χ2n) is 6.30. The van der Waals surface area contributed by atoms with Crippen molar-refractivity contribution in [2.24, 2.45) is 0 Å². The maximum Gasteiger partial charge on any atom is 0.500 e. The molecular formula is C17H38N2O9Si. The third-order valence-electron chi connectivity index (χ3n) is 4.05. The highest BCUT2D eigenvalue weighted by Crippen LogP contribution is 2.17. The average Bonchev–Trinajstić information content (AvgIpc) is 2.71. The number of hydrogen-bond donors (Lipinski definition) is 7. The molecule has 174 valence electrons. The van der Waals surface area contributed by atoms with Gasteiger partial charge in [0.25, 0.3) is 5.91 Å². The lowest BCUT2D eigenvalue weighted by molar-refractivity contribution is -0.148. The van der Waals surface area contributed by atoms with Crippen molar-refractivity contribution >= 4 is 14.7 Å². The van der Waals surface area contributed by atoms with E-state index in [4.69, 9.17) is 18.4 Å². The molecule has 0 aliphatic carbocycles. The Morgan fingerprint density at radius 1 is 0.897 bits per heavy atom. The molecule has 0 bridgehead atoms. The van der Waals surface area contributed by atoms with Gasteiger partial charge in [0.15, 0.2) is 6.10 Å². The maximum atomic E-state index is 11.8. The molecule has 0 aromatic rings. The van der Waals surface area contributed by atoms with Crippen LogP contribution in [0.1, 0.15) is 27.2 Å². The van der Waals surface area contributed by atoms with E-state index in [0.29, 0.717) is 39.0 Å². The van der Waals surface area contributed by atoms with Crippen LogP contribution in [0.25, 0.3) is 0 Å². The molecule has 1 amide bonds. The summed E-state index contributed by atoms with van der Waals surface area (Å²) >= 11 is 0. The number of hydrogen-bond acceptors (Lipinski definition) is 10. The Labute approximate surface area is 173 Å². The molecule has 0 heterocycles. The molecule has 0 radical (unpaired) electrons. The first-order chi connectivity index (χ1) is 13.8. The SMILES string of the molecule is CCO[Si](CCCNCCNC(=O)[C@H](O)[C@@H](O)[C@H](O)[C@H](O)CO)(OCC)OCC. The molecule has 0 spiro atoms. The van der Waals surface area contributed by atoms with Crippen molar-refractivity contribution in [2.75, 3.05) is 46.1 Å². The van der Waals surface area contributed by atoms with Crippen LogP contribution in [0.4, 0.5) is 0 Å². The van der Waals surface area contributed by atoms with Crippen molar-refractivity contribution in [3.05, 3.63) is 0 Å². The van der Waals surface area contributed by atoms with E-state index in [2.05, 4.69) is 10.6 Å². The minimum Gasteiger partial charge on any atom is -0.394 e. The van der Waals surface area contributed by atoms with E-state index in [1.165, 1.54) is 0 Å². The van der Waals surface area contributed by atoms with Crippen LogP contribution in [0.15, 0.2) is 0 Å². The van der Waals surface area contributed by atoms with Gasteiger partial charge in [0.1, 0.15) is 18.3 Å². The van der Waals surface area contributed by atoms with Gasteiger partial charge in [-0.2, -0.15) is 0 Å². The molecule has 0 aliphatic heterocycles. The first-order valence-electron chi connectivity index (χ1n) is 10.0. The third-order valence-corrected chi connectivity index (χ3v) is 7.21. The molecule has 11 nitrogen and oxygen atoms in total. The number of nitrogens with one attached hydrogen (secondary N) is 2. The largest absolute Gasteiger partial charge is 0.500 e. The van der Waals surface area contributed by atoms with E-state index in [0.717, 1.165) is 6.42 Å². The van der Waals surface area contributed by atoms with Crippen molar-refractivity contribution in [3.8, 4) is 0 Å². The summed E-state index contributed by atoms with van der Waals surface area (Å²) in [7, 11) is -2.67. The van der Waals surface area contributed by atoms with Crippen molar-refractivity contribution in [2.45, 2.75) is 57.7 Å². The van der Waals surface area contributed by atoms with Gasteiger partial charge in [0.05, 0.1) is 6.61 Å². The second kappa shape index (κ2) is 16.1. The minimum absolute atomic E-state index is 0.187. The van der Waals surface area contributed by atoms with Crippen molar-refractivity contribution < 1.29 is 43.6 Å². The standard InChI is InChI=1S/C17H38N2O9Si/c1-4-26-29(27-5-2,28-6-3)11-7-8-18-9-10-19-17(25)16(24)15(23)14(22)13(21)12-20/h13-16,18,20-24H,4-12H2,1-3H3,(H,19,25)/t13-,14-,15+,16-/m1/s1. The van der Waals surface area contributed by atoms with Crippen LogP contribution in [0.3, 0.4) is 0 Å². The number of amides is 1. The van der Waals surface area contributed by atoms with E-state index in [-0.39, 0.29) is 6.54 Å². The fraction of sp³-hybridized carbons (Fsp3) is 0.941. The molecule has 0 aromatic carbocycles. The quantitative estimate of drug-likeness (QED) is 0.0894. The summed E-state index contributed by atoms with van der Waals surface area (Å²) in [6.07, 6.45) is -6.59. The van der Waals surface area contributed by atoms with E-state index in [1.54, 1.807) is 0 Å². The molecule has 0 aliphatic rings. The number of carbonyl (C=O) groups excluding carboxylic acids is 1. The van der Waals surface area contributed by atoms with Crippen molar-refractivity contribution in [1.29, 1.82) is 0 Å². The van der Waals surface area contributed by atoms with Crippen molar-refractivity contribution in [1.82, 2.24) is 10.6 Å². The molecule has 0 fully saturated rings. The fourth-order valence-electron chi connectivity index (χ4n) is 2.61. The minimum atomic E-state index is -2.67. The zero-order valence-corrected chi connectivity index (χ0v) is 18.5. The summed E-state index contributed by atoms with van der Waals surface area (Å²) in [6, 6.07) is 0.665. The summed E-state index contributed by atoms with van der Waals surface area (Å²) in [5.41, 5.74) is 0. The molecule has 0 saturated heterocycles. The van der Waals surface area contributed by atoms with E-state index in [1.807, 2.05) is 20.8 Å². The normalized spacial score (nSPS) is 16.3. The average molecular weight is 443 g/mol. The molecule has 0 aromatic heterocycles. The van der Waals surface area contributed by atoms with Crippen LogP contribution in [0.5, 0.6) is 0 Å². The predicted octanol–water partition coefficient (Wildman–Crippen LogP) is -2.43. The van der Waals surface area contributed by atoms with Gasteiger partial charge in [-0.05, 0) is 33.7 Å². The highest BCUT2D eigenvalue weighted by atomic mass is 28.4. The number of aliphatic hydroxyl groups is 5. The van der Waals surface area contributed by atoms with Crippen LogP contribution in [-0.4, -0.2) is 111 Å². The fourth-order valence-corrected chi connectivity index (χ4v) is 5.22. The lowest BCUT2D eigenvalue weighted by atomic mass is 10.0. The molecule has 0 rings (SSSR count). The lowest BCUT2D eigenvalue weighted by Crippen LogP contribution is -2.52. The zero-order chi connectivity index (χ0) is 22.3. The Bertz CT molecular complexity index is 417. The van der Waals surface area contributed by atoms with Crippen LogP contribution in [0.2, 0.25) is 6.04 Å². The third kappa shape index (κ3) is 10.8. The molecule has 29 heavy (non-hydrogen) atoms. The number of aliphatic hydroxyl groups excluding tert-OH is 5. The molecule has 0 unspecified atom stereocenters. The topological polar surface area (TPSA) is 170 Å². The van der Waals surface area contributed by atoms with Gasteiger partial charge in [-0.25, -0.2) is 0 Å². The summed E-state index contributed by atoms with van der Waals surface area (Å²) in [4.78, 5) is 11.8. The highest BCUT2D eigenvalue weighted by Gasteiger charge is 2.39. The van der Waals surface area contributed by atoms with E-state index in [9.17, 15) is 25.2 Å². The van der Waals surface area contributed by atoms with Gasteiger partial charge < -0.3 is 49.4 Å². The smallest absolute Gasteiger partial charge is 0.394 e. The Morgan fingerprint density at radius 3 is 1.93 bits per heavy atom. The lowest BCUT2D eigenvalue weighted by Gasteiger charge is -2.28. The van der Waals surface area contributed by atoms with Gasteiger partial charge in [0.2, 0.25) is 0 Å². The van der Waals surface area contributed by atoms with Gasteiger partial charge in [-0.3, -0.25) is 4.79 Å². The summed E-state index contributed by atoms with van der Waals surface area (Å²) in [5.74, 6) is -0.890. The maximum absolute atomic E-state index is 11.8. The second-order valence-corrected chi connectivity index (χ2v) is 9.03. The summed E-state index contributed by atoms with van der Waals surface area (Å²) in [6.45, 7) is 7.69. The predicted molar refractivity (Wildman–Crippen MR) is 107 cm³/mol. The Kier molecular flexibility index (Phi) is 15.7. The van der Waals surface area contributed by atoms with E-state index >= 15 is 0 Å². The number of carbonyl (C=O) groups is 1. The summed E-state index contributed by atoms with van der Waals surface area (Å²) in [5, 5.41) is 52.4. The Morgan fingerprint density at radius 2 is 1.45 bits per heavy atom. The highest BCUT2D eigenvalue weighted by molar-refractivity contribution is 6.60. The first-order valence-corrected chi connectivity index (χ1v) is 11.9. The van der Waals surface area contributed by atoms with Crippen molar-refractivity contribution in [3.63, 3.8) is 0 Å². The molecular weight excluding hydrogens is 404 g/mol. The molecule has 4 atom stereocenters. The Hall–Kier alpha value is -0.673. The first kappa shape index (κ1) is 28.3. The molecule has 7 N–H and O–H groups in total. The summed E-state index contributed by atoms with van der Waals surface area (Å²) < 4.78 is 17.3. The van der Waals surface area contributed by atoms with Gasteiger partial charge in [-0.15, -0.1) is 0 Å². The van der Waals surface area contributed by atoms with Gasteiger partial charge in [-0.1, -0.05) is 0 Å². The van der Waals surface area contributed by atoms with Gasteiger partial charge >= 0.3 is 8.80 Å². The van der Waals surface area contributed by atoms with Gasteiger partial charge in [0, 0.05) is 39.0 Å². The zero-order valence-electron chi connectivity index (χ0n) is 17.5. The molecule has 12 heteroatoms. The van der Waals surface area contributed by atoms with Crippen LogP contribution in [0, 0.1) is 0 Å². The van der Waals surface area contributed by atoms with E-state index < -0.39 is 45.7 Å². The Balaban J connectivity index is 4.15.